The summed E-state index contributed by atoms with van der Waals surface area (Å²) in [6, 6.07) is 13.4. The van der Waals surface area contributed by atoms with Crippen molar-refractivity contribution in [2.45, 2.75) is 25.8 Å². The van der Waals surface area contributed by atoms with Crippen LogP contribution in [0.3, 0.4) is 0 Å². The average Bonchev–Trinajstić information content (AvgIpc) is 3.57. The number of hydrogen-bond donors (Lipinski definition) is 2. The molecule has 0 radical (unpaired) electrons. The molecule has 0 aliphatic carbocycles. The van der Waals surface area contributed by atoms with Crippen molar-refractivity contribution in [3.8, 4) is 33.9 Å². The molecule has 0 atom stereocenters. The quantitative estimate of drug-likeness (QED) is 0.271. The first-order valence-electron chi connectivity index (χ1n) is 13.1. The maximum atomic E-state index is 15.3. The number of hydrogen-bond acceptors (Lipinski definition) is 5. The number of aromatic amines is 2. The summed E-state index contributed by atoms with van der Waals surface area (Å²) in [6.45, 7) is 2.97. The highest BCUT2D eigenvalue weighted by Gasteiger charge is 2.19. The highest BCUT2D eigenvalue weighted by atomic mass is 19.1. The molecule has 39 heavy (non-hydrogen) atoms. The number of benzene rings is 2. The van der Waals surface area contributed by atoms with Gasteiger partial charge in [-0.05, 0) is 61.8 Å². The zero-order valence-corrected chi connectivity index (χ0v) is 21.1. The van der Waals surface area contributed by atoms with E-state index in [1.54, 1.807) is 30.6 Å². The summed E-state index contributed by atoms with van der Waals surface area (Å²) in [4.78, 5) is 19.4. The molecular weight excluding hydrogens is 496 g/mol. The third-order valence-corrected chi connectivity index (χ3v) is 7.33. The third-order valence-electron chi connectivity index (χ3n) is 7.33. The SMILES string of the molecule is Fc1cccc(-c2nccc3[nH]c(-c4n[nH]c5cc(F)c(-c6cncc(CN7CCCCC7)c6)cc45)nc23)c1. The minimum atomic E-state index is -0.350. The molecule has 0 bridgehead atoms. The number of H-pyrrole nitrogens is 2. The fraction of sp³-hybridized carbons (Fsp3) is 0.200. The van der Waals surface area contributed by atoms with E-state index in [0.29, 0.717) is 39.4 Å². The largest absolute Gasteiger partial charge is 0.336 e. The molecule has 0 amide bonds. The number of imidazole rings is 1. The Morgan fingerprint density at radius 2 is 1.77 bits per heavy atom. The van der Waals surface area contributed by atoms with Crippen molar-refractivity contribution in [2.24, 2.45) is 0 Å². The number of likely N-dealkylation sites (tertiary alicyclic amines) is 1. The number of aromatic nitrogens is 6. The Morgan fingerprint density at radius 1 is 0.872 bits per heavy atom. The Kier molecular flexibility index (Phi) is 5.85. The maximum absolute atomic E-state index is 15.3. The molecule has 5 heterocycles. The molecule has 1 aliphatic heterocycles. The molecule has 6 aromatic rings. The minimum absolute atomic E-state index is 0.343. The van der Waals surface area contributed by atoms with Gasteiger partial charge in [0.2, 0.25) is 0 Å². The van der Waals surface area contributed by atoms with Gasteiger partial charge in [0, 0.05) is 53.3 Å². The van der Waals surface area contributed by atoms with E-state index >= 15 is 4.39 Å². The molecule has 2 N–H and O–H groups in total. The number of piperidine rings is 1. The van der Waals surface area contributed by atoms with E-state index in [2.05, 4.69) is 30.0 Å². The molecule has 194 valence electrons. The van der Waals surface area contributed by atoms with Crippen molar-refractivity contribution in [1.82, 2.24) is 35.0 Å². The lowest BCUT2D eigenvalue weighted by Crippen LogP contribution is -2.29. The Balaban J connectivity index is 1.28. The summed E-state index contributed by atoms with van der Waals surface area (Å²) in [5.74, 6) is -0.183. The second-order valence-electron chi connectivity index (χ2n) is 10.0. The molecule has 2 aromatic carbocycles. The zero-order chi connectivity index (χ0) is 26.3. The predicted octanol–water partition coefficient (Wildman–Crippen LogP) is 6.49. The van der Waals surface area contributed by atoms with Gasteiger partial charge in [-0.15, -0.1) is 0 Å². The van der Waals surface area contributed by atoms with Crippen molar-refractivity contribution in [2.75, 3.05) is 13.1 Å². The highest BCUT2D eigenvalue weighted by Crippen LogP contribution is 2.34. The van der Waals surface area contributed by atoms with E-state index in [9.17, 15) is 4.39 Å². The molecule has 9 heteroatoms. The van der Waals surface area contributed by atoms with Crippen LogP contribution in [0.15, 0.2) is 67.1 Å². The Hall–Kier alpha value is -4.50. The molecular formula is C30H25F2N7. The zero-order valence-electron chi connectivity index (χ0n) is 21.1. The summed E-state index contributed by atoms with van der Waals surface area (Å²) < 4.78 is 29.2. The van der Waals surface area contributed by atoms with Crippen molar-refractivity contribution in [3.05, 3.63) is 84.3 Å². The van der Waals surface area contributed by atoms with E-state index in [1.807, 2.05) is 18.3 Å². The van der Waals surface area contributed by atoms with Crippen LogP contribution >= 0.6 is 0 Å². The van der Waals surface area contributed by atoms with Gasteiger partial charge in [-0.1, -0.05) is 18.6 Å². The van der Waals surface area contributed by atoms with Gasteiger partial charge in [0.15, 0.2) is 5.82 Å². The van der Waals surface area contributed by atoms with E-state index in [4.69, 9.17) is 4.98 Å². The molecule has 1 saturated heterocycles. The number of halogens is 2. The maximum Gasteiger partial charge on any atom is 0.159 e. The lowest BCUT2D eigenvalue weighted by Gasteiger charge is -2.26. The van der Waals surface area contributed by atoms with Crippen LogP contribution in [0.5, 0.6) is 0 Å². The van der Waals surface area contributed by atoms with Crippen LogP contribution in [0.4, 0.5) is 8.78 Å². The number of fused-ring (bicyclic) bond motifs is 2. The van der Waals surface area contributed by atoms with Crippen LogP contribution in [-0.2, 0) is 6.54 Å². The molecule has 1 aliphatic rings. The first kappa shape index (κ1) is 23.6. The smallest absolute Gasteiger partial charge is 0.159 e. The predicted molar refractivity (Wildman–Crippen MR) is 147 cm³/mol. The molecule has 7 nitrogen and oxygen atoms in total. The lowest BCUT2D eigenvalue weighted by molar-refractivity contribution is 0.220. The average molecular weight is 522 g/mol. The van der Waals surface area contributed by atoms with Gasteiger partial charge < -0.3 is 4.98 Å². The van der Waals surface area contributed by atoms with Gasteiger partial charge in [-0.2, -0.15) is 5.10 Å². The van der Waals surface area contributed by atoms with Gasteiger partial charge in [-0.25, -0.2) is 13.8 Å². The van der Waals surface area contributed by atoms with Crippen molar-refractivity contribution in [1.29, 1.82) is 0 Å². The Morgan fingerprint density at radius 3 is 2.64 bits per heavy atom. The van der Waals surface area contributed by atoms with Gasteiger partial charge >= 0.3 is 0 Å². The standard InChI is InChI=1S/C30H25F2N7/c31-21-6-4-5-19(12-21)27-29-25(7-8-34-27)35-30(36-29)28-23-13-22(24(32)14-26(23)37-38-28)20-11-18(15-33-16-20)17-39-9-2-1-3-10-39/h4-8,11-16H,1-3,9-10,17H2,(H,35,36)(H,37,38). The molecule has 1 fully saturated rings. The number of nitrogens with zero attached hydrogens (tertiary/aromatic N) is 5. The summed E-state index contributed by atoms with van der Waals surface area (Å²) in [7, 11) is 0. The van der Waals surface area contributed by atoms with Gasteiger partial charge in [-0.3, -0.25) is 20.0 Å². The number of pyridine rings is 2. The fourth-order valence-electron chi connectivity index (χ4n) is 5.43. The monoisotopic (exact) mass is 521 g/mol. The first-order chi connectivity index (χ1) is 19.1. The highest BCUT2D eigenvalue weighted by molar-refractivity contribution is 5.97. The molecule has 4 aromatic heterocycles. The normalized spacial score (nSPS) is 14.4. The van der Waals surface area contributed by atoms with Crippen molar-refractivity contribution < 1.29 is 8.78 Å². The Labute approximate surface area is 223 Å². The third kappa shape index (κ3) is 4.44. The van der Waals surface area contributed by atoms with E-state index in [1.165, 1.54) is 37.5 Å². The van der Waals surface area contributed by atoms with E-state index in [0.717, 1.165) is 41.7 Å². The van der Waals surface area contributed by atoms with Crippen LogP contribution < -0.4 is 0 Å². The first-order valence-corrected chi connectivity index (χ1v) is 13.1. The second-order valence-corrected chi connectivity index (χ2v) is 10.0. The van der Waals surface area contributed by atoms with Crippen molar-refractivity contribution >= 4 is 21.9 Å². The van der Waals surface area contributed by atoms with E-state index in [-0.39, 0.29) is 11.6 Å². The summed E-state index contributed by atoms with van der Waals surface area (Å²) in [6.07, 6.45) is 8.91. The van der Waals surface area contributed by atoms with Crippen LogP contribution in [0.1, 0.15) is 24.8 Å². The fourth-order valence-corrected chi connectivity index (χ4v) is 5.43. The molecule has 0 spiro atoms. The van der Waals surface area contributed by atoms with Crippen LogP contribution in [0.2, 0.25) is 0 Å². The minimum Gasteiger partial charge on any atom is -0.336 e. The van der Waals surface area contributed by atoms with E-state index < -0.39 is 0 Å². The summed E-state index contributed by atoms with van der Waals surface area (Å²) >= 11 is 0. The Bertz CT molecular complexity index is 1820. The van der Waals surface area contributed by atoms with Gasteiger partial charge in [0.05, 0.1) is 16.7 Å². The lowest BCUT2D eigenvalue weighted by atomic mass is 10.0. The molecule has 7 rings (SSSR count). The summed E-state index contributed by atoms with van der Waals surface area (Å²) in [5, 5.41) is 8.12. The molecule has 0 unspecified atom stereocenters. The summed E-state index contributed by atoms with van der Waals surface area (Å²) in [5.41, 5.74) is 5.91. The van der Waals surface area contributed by atoms with Crippen LogP contribution in [0.25, 0.3) is 55.8 Å². The van der Waals surface area contributed by atoms with Gasteiger partial charge in [0.25, 0.3) is 0 Å². The van der Waals surface area contributed by atoms with Crippen LogP contribution in [0, 0.1) is 11.6 Å². The van der Waals surface area contributed by atoms with Gasteiger partial charge in [0.1, 0.15) is 22.8 Å². The van der Waals surface area contributed by atoms with Crippen molar-refractivity contribution in [3.63, 3.8) is 0 Å². The number of nitrogens with one attached hydrogen (secondary N) is 2. The number of rotatable bonds is 5. The molecule has 0 saturated carbocycles. The topological polar surface area (TPSA) is 86.4 Å². The van der Waals surface area contributed by atoms with Crippen LogP contribution in [-0.4, -0.2) is 48.1 Å². The second kappa shape index (κ2) is 9.67.